The SMILES string of the molecule is COc1cccc(CNC(=O)c2cc(NC(=O)C3CC3)cc3nc(C)ccc23)c1OC. The summed E-state index contributed by atoms with van der Waals surface area (Å²) in [6.45, 7) is 2.16. The van der Waals surface area contributed by atoms with Gasteiger partial charge in [0.25, 0.3) is 5.91 Å². The number of methoxy groups -OCH3 is 2. The number of para-hydroxylation sites is 1. The Morgan fingerprint density at radius 1 is 1.10 bits per heavy atom. The summed E-state index contributed by atoms with van der Waals surface area (Å²) in [5.74, 6) is 0.976. The lowest BCUT2D eigenvalue weighted by atomic mass is 10.1. The average molecular weight is 419 g/mol. The first-order valence-corrected chi connectivity index (χ1v) is 10.2. The minimum atomic E-state index is -0.261. The van der Waals surface area contributed by atoms with Gasteiger partial charge in [-0.25, -0.2) is 0 Å². The largest absolute Gasteiger partial charge is 0.493 e. The van der Waals surface area contributed by atoms with Crippen molar-refractivity contribution in [3.8, 4) is 11.5 Å². The Hall–Kier alpha value is -3.61. The van der Waals surface area contributed by atoms with Crippen LogP contribution in [-0.4, -0.2) is 31.0 Å². The van der Waals surface area contributed by atoms with E-state index in [0.29, 0.717) is 28.3 Å². The molecule has 1 aromatic heterocycles. The van der Waals surface area contributed by atoms with Crippen molar-refractivity contribution in [2.75, 3.05) is 19.5 Å². The predicted octanol–water partition coefficient (Wildman–Crippen LogP) is 3.84. The molecule has 2 amide bonds. The highest BCUT2D eigenvalue weighted by Crippen LogP contribution is 2.32. The molecule has 7 nitrogen and oxygen atoms in total. The molecule has 31 heavy (non-hydrogen) atoms. The van der Waals surface area contributed by atoms with Gasteiger partial charge in [0.05, 0.1) is 25.3 Å². The van der Waals surface area contributed by atoms with Gasteiger partial charge in [-0.2, -0.15) is 0 Å². The van der Waals surface area contributed by atoms with Crippen LogP contribution in [0.2, 0.25) is 0 Å². The molecule has 4 rings (SSSR count). The number of aromatic nitrogens is 1. The van der Waals surface area contributed by atoms with E-state index in [4.69, 9.17) is 9.47 Å². The number of hydrogen-bond donors (Lipinski definition) is 2. The second-order valence-corrected chi connectivity index (χ2v) is 7.64. The average Bonchev–Trinajstić information content (AvgIpc) is 3.61. The molecule has 160 valence electrons. The minimum absolute atomic E-state index is 0.0144. The van der Waals surface area contributed by atoms with Crippen LogP contribution in [0.3, 0.4) is 0 Å². The van der Waals surface area contributed by atoms with Gasteiger partial charge in [-0.1, -0.05) is 18.2 Å². The molecule has 1 saturated carbocycles. The first-order chi connectivity index (χ1) is 15.0. The van der Waals surface area contributed by atoms with E-state index in [1.54, 1.807) is 26.4 Å². The van der Waals surface area contributed by atoms with Gasteiger partial charge in [-0.15, -0.1) is 0 Å². The molecule has 7 heteroatoms. The lowest BCUT2D eigenvalue weighted by Gasteiger charge is -2.14. The fourth-order valence-electron chi connectivity index (χ4n) is 3.55. The predicted molar refractivity (Wildman–Crippen MR) is 119 cm³/mol. The second kappa shape index (κ2) is 8.63. The molecular formula is C24H25N3O4. The summed E-state index contributed by atoms with van der Waals surface area (Å²) in [6, 6.07) is 12.8. The van der Waals surface area contributed by atoms with Crippen LogP contribution < -0.4 is 20.1 Å². The van der Waals surface area contributed by atoms with E-state index in [9.17, 15) is 9.59 Å². The number of fused-ring (bicyclic) bond motifs is 1. The molecule has 0 saturated heterocycles. The smallest absolute Gasteiger partial charge is 0.252 e. The van der Waals surface area contributed by atoms with Crippen molar-refractivity contribution in [3.05, 3.63) is 59.3 Å². The third-order valence-electron chi connectivity index (χ3n) is 5.33. The number of hydrogen-bond acceptors (Lipinski definition) is 5. The van der Waals surface area contributed by atoms with E-state index in [1.807, 2.05) is 37.3 Å². The van der Waals surface area contributed by atoms with E-state index in [2.05, 4.69) is 15.6 Å². The van der Waals surface area contributed by atoms with Gasteiger partial charge < -0.3 is 20.1 Å². The third kappa shape index (κ3) is 4.45. The molecule has 2 aromatic carbocycles. The first-order valence-electron chi connectivity index (χ1n) is 10.2. The van der Waals surface area contributed by atoms with Crippen molar-refractivity contribution < 1.29 is 19.1 Å². The number of carbonyl (C=O) groups is 2. The molecule has 0 unspecified atom stereocenters. The number of aryl methyl sites for hydroxylation is 1. The lowest BCUT2D eigenvalue weighted by molar-refractivity contribution is -0.117. The van der Waals surface area contributed by atoms with Crippen LogP contribution in [0.5, 0.6) is 11.5 Å². The Balaban J connectivity index is 1.63. The summed E-state index contributed by atoms with van der Waals surface area (Å²) in [5.41, 5.74) is 3.33. The summed E-state index contributed by atoms with van der Waals surface area (Å²) in [7, 11) is 3.14. The lowest BCUT2D eigenvalue weighted by Crippen LogP contribution is -2.24. The van der Waals surface area contributed by atoms with Crippen molar-refractivity contribution in [1.82, 2.24) is 10.3 Å². The molecule has 1 aliphatic rings. The number of rotatable bonds is 7. The van der Waals surface area contributed by atoms with E-state index in [-0.39, 0.29) is 24.3 Å². The maximum Gasteiger partial charge on any atom is 0.252 e. The van der Waals surface area contributed by atoms with Crippen LogP contribution in [0.1, 0.15) is 34.5 Å². The summed E-state index contributed by atoms with van der Waals surface area (Å²) in [6.07, 6.45) is 1.82. The highest BCUT2D eigenvalue weighted by molar-refractivity contribution is 6.08. The maximum atomic E-state index is 13.1. The van der Waals surface area contributed by atoms with Crippen molar-refractivity contribution in [3.63, 3.8) is 0 Å². The summed E-state index contributed by atoms with van der Waals surface area (Å²) >= 11 is 0. The molecule has 1 fully saturated rings. The van der Waals surface area contributed by atoms with E-state index in [1.165, 1.54) is 0 Å². The highest BCUT2D eigenvalue weighted by Gasteiger charge is 2.29. The van der Waals surface area contributed by atoms with E-state index >= 15 is 0 Å². The Kier molecular flexibility index (Phi) is 5.75. The Morgan fingerprint density at radius 2 is 1.90 bits per heavy atom. The van der Waals surface area contributed by atoms with Gasteiger partial charge in [0.1, 0.15) is 0 Å². The Morgan fingerprint density at radius 3 is 2.61 bits per heavy atom. The van der Waals surface area contributed by atoms with Crippen LogP contribution in [0.25, 0.3) is 10.9 Å². The number of benzene rings is 2. The number of amides is 2. The van der Waals surface area contributed by atoms with Crippen LogP contribution in [0, 0.1) is 12.8 Å². The van der Waals surface area contributed by atoms with Crippen molar-refractivity contribution in [2.24, 2.45) is 5.92 Å². The highest BCUT2D eigenvalue weighted by atomic mass is 16.5. The molecule has 0 bridgehead atoms. The summed E-state index contributed by atoms with van der Waals surface area (Å²) in [4.78, 5) is 29.9. The molecule has 1 aliphatic carbocycles. The number of ether oxygens (including phenoxy) is 2. The molecule has 0 aliphatic heterocycles. The number of nitrogens with one attached hydrogen (secondary N) is 2. The third-order valence-corrected chi connectivity index (χ3v) is 5.33. The molecule has 3 aromatic rings. The molecule has 0 atom stereocenters. The summed E-state index contributed by atoms with van der Waals surface area (Å²) < 4.78 is 10.8. The van der Waals surface area contributed by atoms with Crippen LogP contribution in [0.4, 0.5) is 5.69 Å². The fourth-order valence-corrected chi connectivity index (χ4v) is 3.55. The maximum absolute atomic E-state index is 13.1. The zero-order valence-corrected chi connectivity index (χ0v) is 17.8. The van der Waals surface area contributed by atoms with E-state index in [0.717, 1.165) is 29.5 Å². The quantitative estimate of drug-likeness (QED) is 0.607. The monoisotopic (exact) mass is 419 g/mol. The first kappa shape index (κ1) is 20.7. The van der Waals surface area contributed by atoms with Gasteiger partial charge in [-0.05, 0) is 44.0 Å². The van der Waals surface area contributed by atoms with Gasteiger partial charge in [0, 0.05) is 34.8 Å². The molecule has 2 N–H and O–H groups in total. The second-order valence-electron chi connectivity index (χ2n) is 7.64. The number of carbonyl (C=O) groups excluding carboxylic acids is 2. The summed E-state index contributed by atoms with van der Waals surface area (Å²) in [5, 5.41) is 6.60. The van der Waals surface area contributed by atoms with Gasteiger partial charge >= 0.3 is 0 Å². The zero-order chi connectivity index (χ0) is 22.0. The van der Waals surface area contributed by atoms with Crippen molar-refractivity contribution in [2.45, 2.75) is 26.3 Å². The molecule has 0 spiro atoms. The molecule has 1 heterocycles. The van der Waals surface area contributed by atoms with Crippen molar-refractivity contribution in [1.29, 1.82) is 0 Å². The zero-order valence-electron chi connectivity index (χ0n) is 17.8. The minimum Gasteiger partial charge on any atom is -0.493 e. The molecule has 0 radical (unpaired) electrons. The Bertz CT molecular complexity index is 1160. The number of anilines is 1. The number of nitrogens with zero attached hydrogens (tertiary/aromatic N) is 1. The topological polar surface area (TPSA) is 89.6 Å². The molecular weight excluding hydrogens is 394 g/mol. The van der Waals surface area contributed by atoms with Crippen LogP contribution >= 0.6 is 0 Å². The van der Waals surface area contributed by atoms with Crippen LogP contribution in [0.15, 0.2) is 42.5 Å². The number of pyridine rings is 1. The normalized spacial score (nSPS) is 13.0. The van der Waals surface area contributed by atoms with Gasteiger partial charge in [-0.3, -0.25) is 14.6 Å². The fraction of sp³-hybridized carbons (Fsp3) is 0.292. The Labute approximate surface area is 180 Å². The van der Waals surface area contributed by atoms with Crippen molar-refractivity contribution >= 4 is 28.4 Å². The van der Waals surface area contributed by atoms with Gasteiger partial charge in [0.2, 0.25) is 5.91 Å². The van der Waals surface area contributed by atoms with Gasteiger partial charge in [0.15, 0.2) is 11.5 Å². The van der Waals surface area contributed by atoms with E-state index < -0.39 is 0 Å². The standard InChI is InChI=1S/C24H25N3O4/c1-14-7-10-18-19(11-17(12-20(18)26-14)27-23(28)15-8-9-15)24(29)25-13-16-5-4-6-21(30-2)22(16)31-3/h4-7,10-12,15H,8-9,13H2,1-3H3,(H,25,29)(H,27,28). The van der Waals surface area contributed by atoms with Crippen LogP contribution in [-0.2, 0) is 11.3 Å².